The molecule has 4 heteroatoms. The Kier molecular flexibility index (Phi) is 2.54. The maximum Gasteiger partial charge on any atom is 0.230 e. The summed E-state index contributed by atoms with van der Waals surface area (Å²) in [7, 11) is 0. The maximum absolute atomic E-state index is 11.6. The van der Waals surface area contributed by atoms with Gasteiger partial charge in [-0.2, -0.15) is 0 Å². The molecule has 0 aromatic heterocycles. The Morgan fingerprint density at radius 1 is 1.43 bits per heavy atom. The van der Waals surface area contributed by atoms with E-state index in [1.165, 1.54) is 0 Å². The number of hydrogen-bond donors (Lipinski definition) is 0. The molecule has 2 fully saturated rings. The Morgan fingerprint density at radius 3 is 2.79 bits per heavy atom. The molecule has 2 heterocycles. The van der Waals surface area contributed by atoms with Crippen molar-refractivity contribution in [3.8, 4) is 0 Å². The van der Waals surface area contributed by atoms with Crippen molar-refractivity contribution in [2.75, 3.05) is 13.2 Å². The lowest BCUT2D eigenvalue weighted by atomic mass is 10.0. The third kappa shape index (κ3) is 1.66. The van der Waals surface area contributed by atoms with Crippen molar-refractivity contribution in [1.29, 1.82) is 0 Å². The molecule has 2 aliphatic heterocycles. The second kappa shape index (κ2) is 3.69. The van der Waals surface area contributed by atoms with Crippen LogP contribution in [0.5, 0.6) is 0 Å². The SMILES string of the molecule is CC1OCCC1N1CCC(=O)CC1=O. The molecule has 2 unspecified atom stereocenters. The maximum atomic E-state index is 11.6. The molecule has 78 valence electrons. The van der Waals surface area contributed by atoms with Crippen LogP contribution in [0.2, 0.25) is 0 Å². The number of carbonyl (C=O) groups is 2. The Labute approximate surface area is 83.2 Å². The summed E-state index contributed by atoms with van der Waals surface area (Å²) < 4.78 is 5.41. The minimum atomic E-state index is -0.0244. The van der Waals surface area contributed by atoms with Crippen molar-refractivity contribution in [2.45, 2.75) is 38.3 Å². The largest absolute Gasteiger partial charge is 0.376 e. The summed E-state index contributed by atoms with van der Waals surface area (Å²) in [5.41, 5.74) is 0. The fourth-order valence-corrected chi connectivity index (χ4v) is 2.21. The quantitative estimate of drug-likeness (QED) is 0.570. The average molecular weight is 197 g/mol. The molecule has 2 rings (SSSR count). The molecule has 0 radical (unpaired) electrons. The highest BCUT2D eigenvalue weighted by Gasteiger charge is 2.35. The topological polar surface area (TPSA) is 46.6 Å². The molecule has 0 bridgehead atoms. The summed E-state index contributed by atoms with van der Waals surface area (Å²) in [5.74, 6) is 0.0430. The summed E-state index contributed by atoms with van der Waals surface area (Å²) >= 11 is 0. The van der Waals surface area contributed by atoms with Gasteiger partial charge >= 0.3 is 0 Å². The van der Waals surface area contributed by atoms with Gasteiger partial charge in [-0.15, -0.1) is 0 Å². The Hall–Kier alpha value is -0.900. The minimum Gasteiger partial charge on any atom is -0.376 e. The van der Waals surface area contributed by atoms with Gasteiger partial charge in [0.05, 0.1) is 18.6 Å². The van der Waals surface area contributed by atoms with Crippen molar-refractivity contribution in [1.82, 2.24) is 4.90 Å². The van der Waals surface area contributed by atoms with Crippen LogP contribution in [-0.4, -0.2) is 41.9 Å². The van der Waals surface area contributed by atoms with Crippen LogP contribution in [0.15, 0.2) is 0 Å². The molecular formula is C10H15NO3. The number of nitrogens with zero attached hydrogens (tertiary/aromatic N) is 1. The second-order valence-electron chi connectivity index (χ2n) is 3.98. The van der Waals surface area contributed by atoms with Crippen LogP contribution in [0.25, 0.3) is 0 Å². The molecule has 4 nitrogen and oxygen atoms in total. The number of Topliss-reactive ketones (excluding diaryl/α,β-unsaturated/α-hetero) is 1. The van der Waals surface area contributed by atoms with E-state index < -0.39 is 0 Å². The molecule has 0 aromatic carbocycles. The molecule has 0 aromatic rings. The molecular weight excluding hydrogens is 182 g/mol. The van der Waals surface area contributed by atoms with Gasteiger partial charge in [-0.3, -0.25) is 9.59 Å². The average Bonchev–Trinajstić information content (AvgIpc) is 2.52. The lowest BCUT2D eigenvalue weighted by Gasteiger charge is -2.33. The van der Waals surface area contributed by atoms with E-state index >= 15 is 0 Å². The predicted molar refractivity (Wildman–Crippen MR) is 49.8 cm³/mol. The number of rotatable bonds is 1. The third-order valence-electron chi connectivity index (χ3n) is 3.04. The first-order valence-corrected chi connectivity index (χ1v) is 5.11. The number of amides is 1. The molecule has 0 N–H and O–H groups in total. The second-order valence-corrected chi connectivity index (χ2v) is 3.98. The Morgan fingerprint density at radius 2 is 2.21 bits per heavy atom. The van der Waals surface area contributed by atoms with Crippen molar-refractivity contribution in [3.05, 3.63) is 0 Å². The van der Waals surface area contributed by atoms with Gasteiger partial charge in [0.25, 0.3) is 0 Å². The minimum absolute atomic E-state index is 0.0244. The number of ether oxygens (including phenoxy) is 1. The Bertz CT molecular complexity index is 264. The Balaban J connectivity index is 2.03. The van der Waals surface area contributed by atoms with Gasteiger partial charge < -0.3 is 9.64 Å². The van der Waals surface area contributed by atoms with E-state index in [-0.39, 0.29) is 30.3 Å². The molecule has 2 saturated heterocycles. The summed E-state index contributed by atoms with van der Waals surface area (Å²) in [5, 5.41) is 0. The van der Waals surface area contributed by atoms with Gasteiger partial charge in [-0.1, -0.05) is 0 Å². The summed E-state index contributed by atoms with van der Waals surface area (Å²) in [6.45, 7) is 3.29. The van der Waals surface area contributed by atoms with Crippen molar-refractivity contribution in [2.24, 2.45) is 0 Å². The van der Waals surface area contributed by atoms with Crippen LogP contribution >= 0.6 is 0 Å². The van der Waals surface area contributed by atoms with Gasteiger partial charge in [0.2, 0.25) is 5.91 Å². The number of hydrogen-bond acceptors (Lipinski definition) is 3. The molecule has 0 aliphatic carbocycles. The van der Waals surface area contributed by atoms with E-state index in [2.05, 4.69) is 0 Å². The molecule has 0 saturated carbocycles. The first-order chi connectivity index (χ1) is 6.68. The molecule has 2 atom stereocenters. The lowest BCUT2D eigenvalue weighted by molar-refractivity contribution is -0.142. The van der Waals surface area contributed by atoms with Crippen LogP contribution < -0.4 is 0 Å². The zero-order chi connectivity index (χ0) is 10.1. The highest BCUT2D eigenvalue weighted by atomic mass is 16.5. The van der Waals surface area contributed by atoms with Gasteiger partial charge in [0, 0.05) is 19.6 Å². The number of piperidine rings is 1. The first-order valence-electron chi connectivity index (χ1n) is 5.11. The zero-order valence-corrected chi connectivity index (χ0v) is 8.36. The van der Waals surface area contributed by atoms with Crippen LogP contribution in [0, 0.1) is 0 Å². The van der Waals surface area contributed by atoms with Crippen molar-refractivity contribution < 1.29 is 14.3 Å². The van der Waals surface area contributed by atoms with E-state index in [9.17, 15) is 9.59 Å². The normalized spacial score (nSPS) is 33.9. The number of likely N-dealkylation sites (tertiary alicyclic amines) is 1. The molecule has 1 amide bonds. The van der Waals surface area contributed by atoms with Crippen molar-refractivity contribution >= 4 is 11.7 Å². The fraction of sp³-hybridized carbons (Fsp3) is 0.800. The smallest absolute Gasteiger partial charge is 0.230 e. The zero-order valence-electron chi connectivity index (χ0n) is 8.36. The lowest BCUT2D eigenvalue weighted by Crippen LogP contribution is -2.48. The molecule has 14 heavy (non-hydrogen) atoms. The van der Waals surface area contributed by atoms with E-state index in [4.69, 9.17) is 4.74 Å². The summed E-state index contributed by atoms with van der Waals surface area (Å²) in [6.07, 6.45) is 1.62. The van der Waals surface area contributed by atoms with Crippen molar-refractivity contribution in [3.63, 3.8) is 0 Å². The predicted octanol–water partition coefficient (Wildman–Crippen LogP) is 0.355. The standard InChI is InChI=1S/C10H15NO3/c1-7-9(3-5-14-7)11-4-2-8(12)6-10(11)13/h7,9H,2-6H2,1H3. The van der Waals surface area contributed by atoms with Gasteiger partial charge in [0.1, 0.15) is 5.78 Å². The van der Waals surface area contributed by atoms with Crippen LogP contribution in [-0.2, 0) is 14.3 Å². The monoisotopic (exact) mass is 197 g/mol. The third-order valence-corrected chi connectivity index (χ3v) is 3.04. The highest BCUT2D eigenvalue weighted by molar-refractivity contribution is 6.00. The highest BCUT2D eigenvalue weighted by Crippen LogP contribution is 2.22. The fourth-order valence-electron chi connectivity index (χ4n) is 2.21. The molecule has 2 aliphatic rings. The summed E-state index contributed by atoms with van der Waals surface area (Å²) in [6, 6.07) is 0.190. The van der Waals surface area contributed by atoms with E-state index in [0.717, 1.165) is 13.0 Å². The van der Waals surface area contributed by atoms with E-state index in [1.54, 1.807) is 0 Å². The summed E-state index contributed by atoms with van der Waals surface area (Å²) in [4.78, 5) is 24.4. The van der Waals surface area contributed by atoms with Crippen LogP contribution in [0.1, 0.15) is 26.2 Å². The van der Waals surface area contributed by atoms with Gasteiger partial charge in [0.15, 0.2) is 0 Å². The van der Waals surface area contributed by atoms with Crippen LogP contribution in [0.4, 0.5) is 0 Å². The number of ketones is 1. The molecule has 0 spiro atoms. The number of carbonyl (C=O) groups excluding carboxylic acids is 2. The first kappa shape index (κ1) is 9.65. The van der Waals surface area contributed by atoms with E-state index in [0.29, 0.717) is 13.0 Å². The van der Waals surface area contributed by atoms with E-state index in [1.807, 2.05) is 11.8 Å². The van der Waals surface area contributed by atoms with Gasteiger partial charge in [-0.05, 0) is 13.3 Å². The van der Waals surface area contributed by atoms with Crippen LogP contribution in [0.3, 0.4) is 0 Å². The van der Waals surface area contributed by atoms with Gasteiger partial charge in [-0.25, -0.2) is 0 Å².